The maximum Gasteiger partial charge on any atom is 0.0972 e. The van der Waals surface area contributed by atoms with Gasteiger partial charge in [-0.15, -0.1) is 11.3 Å². The molecule has 1 rings (SSSR count). The highest BCUT2D eigenvalue weighted by Crippen LogP contribution is 2.11. The highest BCUT2D eigenvalue weighted by atomic mass is 32.1. The quantitative estimate of drug-likeness (QED) is 0.616. The molecule has 0 aliphatic heterocycles. The van der Waals surface area contributed by atoms with Crippen LogP contribution in [0, 0.1) is 6.92 Å². The molecular weight excluding hydrogens is 212 g/mol. The maximum absolute atomic E-state index is 9.51. The van der Waals surface area contributed by atoms with E-state index in [9.17, 15) is 5.11 Å². The van der Waals surface area contributed by atoms with Gasteiger partial charge < -0.3 is 15.5 Å². The van der Waals surface area contributed by atoms with Gasteiger partial charge in [0.1, 0.15) is 0 Å². The molecule has 0 aliphatic carbocycles. The predicted molar refractivity (Wildman–Crippen MR) is 61.1 cm³/mol. The fourth-order valence-corrected chi connectivity index (χ4v) is 1.96. The first-order valence-corrected chi connectivity index (χ1v) is 5.86. The van der Waals surface area contributed by atoms with Gasteiger partial charge in [0.05, 0.1) is 23.4 Å². The lowest BCUT2D eigenvalue weighted by Crippen LogP contribution is -2.41. The number of aromatic nitrogens is 1. The Hall–Kier alpha value is -0.490. The van der Waals surface area contributed by atoms with Gasteiger partial charge in [-0.2, -0.15) is 0 Å². The van der Waals surface area contributed by atoms with E-state index in [4.69, 9.17) is 5.11 Å². The van der Waals surface area contributed by atoms with Crippen LogP contribution in [0.4, 0.5) is 0 Å². The van der Waals surface area contributed by atoms with E-state index < -0.39 is 5.60 Å². The van der Waals surface area contributed by atoms with Crippen molar-refractivity contribution in [3.8, 4) is 0 Å². The first-order chi connectivity index (χ1) is 7.05. The molecular formula is C10H18N2O2S. The van der Waals surface area contributed by atoms with E-state index in [0.717, 1.165) is 18.7 Å². The molecule has 3 N–H and O–H groups in total. The Bertz CT molecular complexity index is 299. The van der Waals surface area contributed by atoms with Crippen LogP contribution in [0.5, 0.6) is 0 Å². The molecule has 0 aliphatic rings. The maximum atomic E-state index is 9.51. The zero-order valence-corrected chi connectivity index (χ0v) is 9.97. The number of nitrogens with one attached hydrogen (secondary N) is 1. The summed E-state index contributed by atoms with van der Waals surface area (Å²) in [6, 6.07) is 0. The molecule has 1 atom stereocenters. The van der Waals surface area contributed by atoms with E-state index in [2.05, 4.69) is 10.3 Å². The second-order valence-electron chi connectivity index (χ2n) is 3.94. The number of aliphatic hydroxyl groups is 2. The molecule has 0 spiro atoms. The zero-order valence-electron chi connectivity index (χ0n) is 9.16. The van der Waals surface area contributed by atoms with Gasteiger partial charge in [-0.3, -0.25) is 0 Å². The molecule has 5 heteroatoms. The topological polar surface area (TPSA) is 65.4 Å². The average Bonchev–Trinajstić information content (AvgIpc) is 2.59. The molecule has 0 saturated heterocycles. The molecule has 0 aromatic carbocycles. The molecule has 0 amide bonds. The van der Waals surface area contributed by atoms with Gasteiger partial charge in [-0.05, 0) is 20.3 Å². The van der Waals surface area contributed by atoms with Crippen molar-refractivity contribution in [3.05, 3.63) is 16.1 Å². The third kappa shape index (κ3) is 4.25. The summed E-state index contributed by atoms with van der Waals surface area (Å²) >= 11 is 1.65. The van der Waals surface area contributed by atoms with Crippen LogP contribution in [-0.2, 0) is 6.42 Å². The van der Waals surface area contributed by atoms with Crippen LogP contribution < -0.4 is 5.32 Å². The van der Waals surface area contributed by atoms with Gasteiger partial charge in [0, 0.05) is 18.0 Å². The summed E-state index contributed by atoms with van der Waals surface area (Å²) in [6.07, 6.45) is 0.915. The van der Waals surface area contributed by atoms with Gasteiger partial charge in [-0.1, -0.05) is 0 Å². The smallest absolute Gasteiger partial charge is 0.0972 e. The number of hydrogen-bond acceptors (Lipinski definition) is 5. The van der Waals surface area contributed by atoms with Crippen molar-refractivity contribution in [2.45, 2.75) is 25.9 Å². The molecule has 0 radical (unpaired) electrons. The molecule has 86 valence electrons. The van der Waals surface area contributed by atoms with Crippen LogP contribution in [0.15, 0.2) is 5.51 Å². The Morgan fingerprint density at radius 3 is 2.87 bits per heavy atom. The lowest BCUT2D eigenvalue weighted by Gasteiger charge is -2.20. The first-order valence-electron chi connectivity index (χ1n) is 4.98. The number of hydrogen-bond donors (Lipinski definition) is 3. The van der Waals surface area contributed by atoms with Crippen LogP contribution in [0.3, 0.4) is 0 Å². The fraction of sp³-hybridized carbons (Fsp3) is 0.700. The van der Waals surface area contributed by atoms with E-state index in [-0.39, 0.29) is 6.61 Å². The SMILES string of the molecule is Cc1ncsc1CCNCC(C)(O)CO. The van der Waals surface area contributed by atoms with E-state index in [1.165, 1.54) is 4.88 Å². The highest BCUT2D eigenvalue weighted by molar-refractivity contribution is 7.09. The van der Waals surface area contributed by atoms with Crippen molar-refractivity contribution in [2.75, 3.05) is 19.7 Å². The van der Waals surface area contributed by atoms with Crippen LogP contribution >= 0.6 is 11.3 Å². The number of aryl methyl sites for hydroxylation is 1. The van der Waals surface area contributed by atoms with Crippen LogP contribution in [-0.4, -0.2) is 40.5 Å². The Morgan fingerprint density at radius 1 is 1.60 bits per heavy atom. The van der Waals surface area contributed by atoms with Crippen molar-refractivity contribution in [1.82, 2.24) is 10.3 Å². The lowest BCUT2D eigenvalue weighted by atomic mass is 10.1. The predicted octanol–water partition coefficient (Wildman–Crippen LogP) is 0.327. The summed E-state index contributed by atoms with van der Waals surface area (Å²) in [4.78, 5) is 5.43. The second kappa shape index (κ2) is 5.55. The monoisotopic (exact) mass is 230 g/mol. The first kappa shape index (κ1) is 12.6. The third-order valence-electron chi connectivity index (χ3n) is 2.22. The van der Waals surface area contributed by atoms with Crippen molar-refractivity contribution in [1.29, 1.82) is 0 Å². The fourth-order valence-electron chi connectivity index (χ4n) is 1.18. The van der Waals surface area contributed by atoms with Gasteiger partial charge >= 0.3 is 0 Å². The minimum absolute atomic E-state index is 0.223. The summed E-state index contributed by atoms with van der Waals surface area (Å²) < 4.78 is 0. The van der Waals surface area contributed by atoms with Crippen LogP contribution in [0.2, 0.25) is 0 Å². The van der Waals surface area contributed by atoms with Crippen molar-refractivity contribution >= 4 is 11.3 Å². The summed E-state index contributed by atoms with van der Waals surface area (Å²) in [7, 11) is 0. The Balaban J connectivity index is 2.20. The van der Waals surface area contributed by atoms with E-state index in [0.29, 0.717) is 6.54 Å². The van der Waals surface area contributed by atoms with Crippen molar-refractivity contribution < 1.29 is 10.2 Å². The largest absolute Gasteiger partial charge is 0.393 e. The average molecular weight is 230 g/mol. The summed E-state index contributed by atoms with van der Waals surface area (Å²) in [5, 5.41) is 21.4. The molecule has 1 unspecified atom stereocenters. The molecule has 4 nitrogen and oxygen atoms in total. The molecule has 1 aromatic rings. The molecule has 1 aromatic heterocycles. The highest BCUT2D eigenvalue weighted by Gasteiger charge is 2.17. The lowest BCUT2D eigenvalue weighted by molar-refractivity contribution is 0.00299. The minimum atomic E-state index is -1.03. The number of thiazole rings is 1. The van der Waals surface area contributed by atoms with Crippen LogP contribution in [0.1, 0.15) is 17.5 Å². The van der Waals surface area contributed by atoms with Gasteiger partial charge in [0.25, 0.3) is 0 Å². The van der Waals surface area contributed by atoms with Crippen molar-refractivity contribution in [2.24, 2.45) is 0 Å². The van der Waals surface area contributed by atoms with E-state index >= 15 is 0 Å². The Morgan fingerprint density at radius 2 is 2.33 bits per heavy atom. The number of aliphatic hydroxyl groups excluding tert-OH is 1. The van der Waals surface area contributed by atoms with Gasteiger partial charge in [-0.25, -0.2) is 4.98 Å². The normalized spacial score (nSPS) is 15.2. The summed E-state index contributed by atoms with van der Waals surface area (Å²) in [5.41, 5.74) is 1.90. The van der Waals surface area contributed by atoms with E-state index in [1.54, 1.807) is 18.3 Å². The van der Waals surface area contributed by atoms with Gasteiger partial charge in [0.2, 0.25) is 0 Å². The van der Waals surface area contributed by atoms with E-state index in [1.807, 2.05) is 12.4 Å². The second-order valence-corrected chi connectivity index (χ2v) is 4.88. The minimum Gasteiger partial charge on any atom is -0.393 e. The van der Waals surface area contributed by atoms with Crippen molar-refractivity contribution in [3.63, 3.8) is 0 Å². The Labute approximate surface area is 94.0 Å². The number of rotatable bonds is 6. The zero-order chi connectivity index (χ0) is 11.3. The molecule has 0 bridgehead atoms. The third-order valence-corrected chi connectivity index (χ3v) is 3.22. The number of nitrogens with zero attached hydrogens (tertiary/aromatic N) is 1. The molecule has 0 fully saturated rings. The standard InChI is InChI=1S/C10H18N2O2S/c1-8-9(15-7-12-8)3-4-11-5-10(2,14)6-13/h7,11,13-14H,3-6H2,1-2H3. The molecule has 15 heavy (non-hydrogen) atoms. The molecule has 1 heterocycles. The molecule has 0 saturated carbocycles. The van der Waals surface area contributed by atoms with Gasteiger partial charge in [0.15, 0.2) is 0 Å². The summed E-state index contributed by atoms with van der Waals surface area (Å²) in [6.45, 7) is 4.58. The summed E-state index contributed by atoms with van der Waals surface area (Å²) in [5.74, 6) is 0. The Kier molecular flexibility index (Phi) is 4.66. The van der Waals surface area contributed by atoms with Crippen LogP contribution in [0.25, 0.3) is 0 Å².